The average Bonchev–Trinajstić information content (AvgIpc) is 2.93. The van der Waals surface area contributed by atoms with E-state index in [0.717, 1.165) is 4.90 Å². The van der Waals surface area contributed by atoms with E-state index in [1.54, 1.807) is 49.4 Å². The number of halogens is 1. The highest BCUT2D eigenvalue weighted by atomic mass is 35.5. The molecule has 1 fully saturated rings. The highest BCUT2D eigenvalue weighted by Crippen LogP contribution is 2.33. The second kappa shape index (κ2) is 8.05. The molecule has 2 N–H and O–H groups in total. The van der Waals surface area contributed by atoms with E-state index >= 15 is 0 Å². The second-order valence-corrected chi connectivity index (χ2v) is 7.21. The maximum Gasteiger partial charge on any atom is 0.325 e. The molecule has 1 unspecified atom stereocenters. The highest BCUT2D eigenvalue weighted by Gasteiger charge is 2.51. The highest BCUT2D eigenvalue weighted by molar-refractivity contribution is 6.30. The summed E-state index contributed by atoms with van der Waals surface area (Å²) < 4.78 is 0. The number of Topliss-reactive ketones (excluding diaryl/α,β-unsaturated/α-hetero) is 1. The number of nitrogens with zero attached hydrogens (tertiary/aromatic N) is 1. The van der Waals surface area contributed by atoms with Gasteiger partial charge >= 0.3 is 6.03 Å². The third-order valence-electron chi connectivity index (χ3n) is 4.90. The fraction of sp³-hybridized carbons (Fsp3) is 0.238. The molecule has 0 saturated carbocycles. The van der Waals surface area contributed by atoms with Crippen molar-refractivity contribution < 1.29 is 19.2 Å². The Morgan fingerprint density at radius 2 is 1.83 bits per heavy atom. The number of ketones is 1. The van der Waals surface area contributed by atoms with E-state index in [2.05, 4.69) is 10.6 Å². The first-order valence-electron chi connectivity index (χ1n) is 9.08. The summed E-state index contributed by atoms with van der Waals surface area (Å²) in [7, 11) is 0. The van der Waals surface area contributed by atoms with Gasteiger partial charge in [-0.2, -0.15) is 0 Å². The van der Waals surface area contributed by atoms with Crippen molar-refractivity contribution in [2.45, 2.75) is 25.8 Å². The van der Waals surface area contributed by atoms with Crippen LogP contribution in [0.4, 0.5) is 10.5 Å². The molecule has 8 heteroatoms. The number of anilines is 1. The molecule has 0 radical (unpaired) electrons. The summed E-state index contributed by atoms with van der Waals surface area (Å²) in [6, 6.07) is 12.5. The zero-order valence-electron chi connectivity index (χ0n) is 16.0. The van der Waals surface area contributed by atoms with Crippen LogP contribution < -0.4 is 10.6 Å². The van der Waals surface area contributed by atoms with Gasteiger partial charge in [0, 0.05) is 16.3 Å². The summed E-state index contributed by atoms with van der Waals surface area (Å²) in [5.74, 6) is -1.18. The van der Waals surface area contributed by atoms with Gasteiger partial charge in [0.25, 0.3) is 5.91 Å². The molecule has 2 aromatic carbocycles. The zero-order chi connectivity index (χ0) is 21.2. The number of hydrogen-bond acceptors (Lipinski definition) is 4. The van der Waals surface area contributed by atoms with Crippen LogP contribution >= 0.6 is 11.6 Å². The summed E-state index contributed by atoms with van der Waals surface area (Å²) in [5.41, 5.74) is 0.218. The molecule has 4 amide bonds. The summed E-state index contributed by atoms with van der Waals surface area (Å²) in [4.78, 5) is 50.4. The molecule has 1 heterocycles. The first-order chi connectivity index (χ1) is 13.8. The average molecular weight is 414 g/mol. The molecule has 1 aliphatic heterocycles. The lowest BCUT2D eigenvalue weighted by molar-refractivity contribution is -0.134. The SMILES string of the molecule is CCC1(c2ccc(Cl)cc2)NC(=O)N(CC(=O)Nc2cccc(C(C)=O)c2)C1=O. The Labute approximate surface area is 173 Å². The summed E-state index contributed by atoms with van der Waals surface area (Å²) in [6.07, 6.45) is 0.317. The van der Waals surface area contributed by atoms with Gasteiger partial charge in [-0.15, -0.1) is 0 Å². The van der Waals surface area contributed by atoms with E-state index < -0.39 is 29.9 Å². The lowest BCUT2D eigenvalue weighted by Crippen LogP contribution is -2.44. The molecule has 29 heavy (non-hydrogen) atoms. The Morgan fingerprint density at radius 3 is 2.45 bits per heavy atom. The number of urea groups is 1. The second-order valence-electron chi connectivity index (χ2n) is 6.77. The monoisotopic (exact) mass is 413 g/mol. The predicted octanol–water partition coefficient (Wildman–Crippen LogP) is 3.34. The van der Waals surface area contributed by atoms with Gasteiger partial charge in [0.1, 0.15) is 12.1 Å². The minimum atomic E-state index is -1.24. The molecule has 1 atom stereocenters. The Balaban J connectivity index is 1.77. The topological polar surface area (TPSA) is 95.6 Å². The number of nitrogens with one attached hydrogen (secondary N) is 2. The van der Waals surface area contributed by atoms with Gasteiger partial charge in [-0.3, -0.25) is 19.3 Å². The predicted molar refractivity (Wildman–Crippen MR) is 109 cm³/mol. The van der Waals surface area contributed by atoms with Crippen molar-refractivity contribution in [3.8, 4) is 0 Å². The van der Waals surface area contributed by atoms with Crippen LogP contribution in [0, 0.1) is 0 Å². The van der Waals surface area contributed by atoms with Crippen LogP contribution in [-0.4, -0.2) is 35.1 Å². The lowest BCUT2D eigenvalue weighted by atomic mass is 9.87. The van der Waals surface area contributed by atoms with Crippen molar-refractivity contribution in [1.82, 2.24) is 10.2 Å². The van der Waals surface area contributed by atoms with E-state index in [1.165, 1.54) is 13.0 Å². The van der Waals surface area contributed by atoms with Gasteiger partial charge in [0.15, 0.2) is 5.78 Å². The number of rotatable bonds is 6. The minimum Gasteiger partial charge on any atom is -0.325 e. The van der Waals surface area contributed by atoms with E-state index in [-0.39, 0.29) is 5.78 Å². The Morgan fingerprint density at radius 1 is 1.14 bits per heavy atom. The van der Waals surface area contributed by atoms with Crippen LogP contribution in [0.1, 0.15) is 36.2 Å². The molecule has 0 aromatic heterocycles. The van der Waals surface area contributed by atoms with E-state index in [9.17, 15) is 19.2 Å². The smallest absolute Gasteiger partial charge is 0.325 e. The van der Waals surface area contributed by atoms with Gasteiger partial charge in [0.2, 0.25) is 5.91 Å². The molecule has 2 aromatic rings. The van der Waals surface area contributed by atoms with Crippen molar-refractivity contribution in [3.05, 3.63) is 64.7 Å². The molecule has 1 aliphatic rings. The first-order valence-corrected chi connectivity index (χ1v) is 9.45. The minimum absolute atomic E-state index is 0.133. The van der Waals surface area contributed by atoms with Crippen LogP contribution in [0.3, 0.4) is 0 Å². The van der Waals surface area contributed by atoms with Crippen molar-refractivity contribution in [3.63, 3.8) is 0 Å². The molecule has 0 spiro atoms. The number of imide groups is 1. The number of benzene rings is 2. The lowest BCUT2D eigenvalue weighted by Gasteiger charge is -2.25. The number of hydrogen-bond donors (Lipinski definition) is 2. The van der Waals surface area contributed by atoms with E-state index in [4.69, 9.17) is 11.6 Å². The zero-order valence-corrected chi connectivity index (χ0v) is 16.7. The van der Waals surface area contributed by atoms with Crippen molar-refractivity contribution in [1.29, 1.82) is 0 Å². The van der Waals surface area contributed by atoms with Gasteiger partial charge < -0.3 is 10.6 Å². The van der Waals surface area contributed by atoms with Gasteiger partial charge in [-0.05, 0) is 43.2 Å². The number of amides is 4. The fourth-order valence-corrected chi connectivity index (χ4v) is 3.43. The maximum atomic E-state index is 13.1. The third-order valence-corrected chi connectivity index (χ3v) is 5.15. The maximum absolute atomic E-state index is 13.1. The van der Waals surface area contributed by atoms with Crippen molar-refractivity contribution in [2.75, 3.05) is 11.9 Å². The molecule has 3 rings (SSSR count). The van der Waals surface area contributed by atoms with Gasteiger partial charge in [0.05, 0.1) is 0 Å². The Hall–Kier alpha value is -3.19. The first kappa shape index (κ1) is 20.5. The van der Waals surface area contributed by atoms with Crippen LogP contribution in [0.25, 0.3) is 0 Å². The Kier molecular flexibility index (Phi) is 5.70. The van der Waals surface area contributed by atoms with E-state index in [1.807, 2.05) is 0 Å². The van der Waals surface area contributed by atoms with Crippen molar-refractivity contribution in [2.24, 2.45) is 0 Å². The molecule has 0 bridgehead atoms. The summed E-state index contributed by atoms with van der Waals surface area (Å²) >= 11 is 5.92. The molecular formula is C21H20ClN3O4. The number of carbonyl (C=O) groups is 4. The van der Waals surface area contributed by atoms with Crippen LogP contribution in [-0.2, 0) is 15.1 Å². The number of carbonyl (C=O) groups excluding carboxylic acids is 4. The standard InChI is InChI=1S/C21H20ClN3O4/c1-3-21(15-7-9-16(22)10-8-15)19(28)25(20(29)24-21)12-18(27)23-17-6-4-5-14(11-17)13(2)26/h4-11H,3,12H2,1-2H3,(H,23,27)(H,24,29). The largest absolute Gasteiger partial charge is 0.325 e. The Bertz CT molecular complexity index is 990. The summed E-state index contributed by atoms with van der Waals surface area (Å²) in [5, 5.41) is 5.85. The third kappa shape index (κ3) is 4.00. The molecule has 0 aliphatic carbocycles. The van der Waals surface area contributed by atoms with Crippen LogP contribution in [0.2, 0.25) is 5.02 Å². The molecule has 1 saturated heterocycles. The quantitative estimate of drug-likeness (QED) is 0.560. The molecular weight excluding hydrogens is 394 g/mol. The van der Waals surface area contributed by atoms with E-state index in [0.29, 0.717) is 28.3 Å². The van der Waals surface area contributed by atoms with Crippen LogP contribution in [0.5, 0.6) is 0 Å². The van der Waals surface area contributed by atoms with Crippen LogP contribution in [0.15, 0.2) is 48.5 Å². The summed E-state index contributed by atoms with van der Waals surface area (Å²) in [6.45, 7) is 2.77. The van der Waals surface area contributed by atoms with Gasteiger partial charge in [-0.25, -0.2) is 4.79 Å². The normalized spacial score (nSPS) is 18.5. The van der Waals surface area contributed by atoms with Gasteiger partial charge in [-0.1, -0.05) is 42.8 Å². The molecule has 150 valence electrons. The van der Waals surface area contributed by atoms with Crippen molar-refractivity contribution >= 4 is 40.9 Å². The molecule has 7 nitrogen and oxygen atoms in total. The fourth-order valence-electron chi connectivity index (χ4n) is 3.30.